The second-order valence-corrected chi connectivity index (χ2v) is 5.20. The Hall–Kier alpha value is -1.13. The molecule has 4 heteroatoms. The van der Waals surface area contributed by atoms with Crippen molar-refractivity contribution < 1.29 is 9.13 Å². The molecule has 1 aromatic carbocycles. The number of ether oxygens (including phenoxy) is 1. The van der Waals surface area contributed by atoms with Crippen LogP contribution in [0.3, 0.4) is 0 Å². The van der Waals surface area contributed by atoms with Gasteiger partial charge < -0.3 is 15.4 Å². The molecule has 2 N–H and O–H groups in total. The predicted molar refractivity (Wildman–Crippen MR) is 74.7 cm³/mol. The van der Waals surface area contributed by atoms with Gasteiger partial charge in [-0.3, -0.25) is 0 Å². The summed E-state index contributed by atoms with van der Waals surface area (Å²) in [4.78, 5) is 2.45. The molecule has 0 bridgehead atoms. The van der Waals surface area contributed by atoms with E-state index in [1.807, 2.05) is 0 Å². The van der Waals surface area contributed by atoms with Crippen LogP contribution in [-0.4, -0.2) is 37.7 Å². The zero-order valence-corrected chi connectivity index (χ0v) is 11.5. The van der Waals surface area contributed by atoms with E-state index < -0.39 is 0 Å². The van der Waals surface area contributed by atoms with Crippen molar-refractivity contribution in [2.75, 3.05) is 32.8 Å². The molecular weight excluding hydrogens is 243 g/mol. The second-order valence-electron chi connectivity index (χ2n) is 5.20. The third-order valence-electron chi connectivity index (χ3n) is 4.00. The van der Waals surface area contributed by atoms with Gasteiger partial charge in [0, 0.05) is 12.5 Å². The number of hydrogen-bond acceptors (Lipinski definition) is 3. The largest absolute Gasteiger partial charge is 0.493 e. The Kier molecular flexibility index (Phi) is 5.16. The summed E-state index contributed by atoms with van der Waals surface area (Å²) in [5, 5.41) is 0. The lowest BCUT2D eigenvalue weighted by Crippen LogP contribution is -2.31. The minimum absolute atomic E-state index is 0.239. The maximum Gasteiger partial charge on any atom is 0.123 e. The average molecular weight is 266 g/mol. The normalized spacial score (nSPS) is 21.5. The Balaban J connectivity index is 1.84. The molecule has 3 nitrogen and oxygen atoms in total. The monoisotopic (exact) mass is 266 g/mol. The number of rotatable bonds is 6. The Labute approximate surface area is 114 Å². The third kappa shape index (κ3) is 3.91. The topological polar surface area (TPSA) is 38.5 Å². The summed E-state index contributed by atoms with van der Waals surface area (Å²) in [6.07, 6.45) is 1.20. The summed E-state index contributed by atoms with van der Waals surface area (Å²) in [6, 6.07) is 6.16. The Morgan fingerprint density at radius 3 is 2.74 bits per heavy atom. The van der Waals surface area contributed by atoms with Gasteiger partial charge in [0.2, 0.25) is 0 Å². The molecule has 1 saturated heterocycles. The highest BCUT2D eigenvalue weighted by atomic mass is 19.1. The first kappa shape index (κ1) is 14.3. The molecule has 106 valence electrons. The standard InChI is InChI=1S/C15H23FN2O/c1-2-18-8-7-12(10-18)13(9-17)11-19-15-5-3-14(16)4-6-15/h3-6,12-13H,2,7-11,17H2,1H3. The number of nitrogens with two attached hydrogens (primary N) is 1. The van der Waals surface area contributed by atoms with Crippen LogP contribution in [0.1, 0.15) is 13.3 Å². The van der Waals surface area contributed by atoms with Crippen LogP contribution in [0.4, 0.5) is 4.39 Å². The van der Waals surface area contributed by atoms with E-state index in [0.717, 1.165) is 19.6 Å². The van der Waals surface area contributed by atoms with Crippen LogP contribution in [0.15, 0.2) is 24.3 Å². The van der Waals surface area contributed by atoms with E-state index in [1.165, 1.54) is 18.6 Å². The number of benzene rings is 1. The van der Waals surface area contributed by atoms with Crippen LogP contribution in [0.25, 0.3) is 0 Å². The summed E-state index contributed by atoms with van der Waals surface area (Å²) >= 11 is 0. The lowest BCUT2D eigenvalue weighted by molar-refractivity contribution is 0.196. The zero-order valence-electron chi connectivity index (χ0n) is 11.5. The first-order valence-electron chi connectivity index (χ1n) is 7.03. The predicted octanol–water partition coefficient (Wildman–Crippen LogP) is 2.12. The number of likely N-dealkylation sites (tertiary alicyclic amines) is 1. The van der Waals surface area contributed by atoms with Crippen molar-refractivity contribution in [1.29, 1.82) is 0 Å². The highest BCUT2D eigenvalue weighted by Gasteiger charge is 2.28. The number of hydrogen-bond donors (Lipinski definition) is 1. The molecule has 2 atom stereocenters. The molecule has 1 aliphatic heterocycles. The first-order valence-corrected chi connectivity index (χ1v) is 7.03. The van der Waals surface area contributed by atoms with Gasteiger partial charge in [-0.1, -0.05) is 6.92 Å². The van der Waals surface area contributed by atoms with E-state index in [1.54, 1.807) is 12.1 Å². The quantitative estimate of drug-likeness (QED) is 0.857. The van der Waals surface area contributed by atoms with Crippen LogP contribution in [-0.2, 0) is 0 Å². The molecule has 0 spiro atoms. The second kappa shape index (κ2) is 6.87. The van der Waals surface area contributed by atoms with Gasteiger partial charge in [-0.25, -0.2) is 4.39 Å². The molecule has 0 aromatic heterocycles. The van der Waals surface area contributed by atoms with Crippen molar-refractivity contribution in [2.45, 2.75) is 13.3 Å². The summed E-state index contributed by atoms with van der Waals surface area (Å²) in [6.45, 7) is 6.83. The third-order valence-corrected chi connectivity index (χ3v) is 4.00. The average Bonchev–Trinajstić information content (AvgIpc) is 2.90. The summed E-state index contributed by atoms with van der Waals surface area (Å²) in [5.41, 5.74) is 5.87. The van der Waals surface area contributed by atoms with Crippen LogP contribution in [0, 0.1) is 17.7 Å². The molecule has 2 unspecified atom stereocenters. The van der Waals surface area contributed by atoms with Crippen molar-refractivity contribution in [3.63, 3.8) is 0 Å². The molecule has 0 radical (unpaired) electrons. The van der Waals surface area contributed by atoms with Gasteiger partial charge >= 0.3 is 0 Å². The molecule has 2 rings (SSSR count). The molecule has 1 aliphatic rings. The zero-order chi connectivity index (χ0) is 13.7. The lowest BCUT2D eigenvalue weighted by Gasteiger charge is -2.22. The minimum Gasteiger partial charge on any atom is -0.493 e. The van der Waals surface area contributed by atoms with E-state index in [4.69, 9.17) is 10.5 Å². The van der Waals surface area contributed by atoms with Gasteiger partial charge in [0.05, 0.1) is 6.61 Å². The molecule has 19 heavy (non-hydrogen) atoms. The van der Waals surface area contributed by atoms with Gasteiger partial charge in [0.25, 0.3) is 0 Å². The van der Waals surface area contributed by atoms with Crippen LogP contribution in [0.5, 0.6) is 5.75 Å². The van der Waals surface area contributed by atoms with E-state index in [-0.39, 0.29) is 5.82 Å². The van der Waals surface area contributed by atoms with Gasteiger partial charge in [0.15, 0.2) is 0 Å². The molecule has 1 heterocycles. The summed E-state index contributed by atoms with van der Waals surface area (Å²) in [5.74, 6) is 1.47. The SMILES string of the molecule is CCN1CCC(C(CN)COc2ccc(F)cc2)C1. The van der Waals surface area contributed by atoms with E-state index in [2.05, 4.69) is 11.8 Å². The maximum absolute atomic E-state index is 12.8. The molecule has 1 fully saturated rings. The highest BCUT2D eigenvalue weighted by molar-refractivity contribution is 5.22. The van der Waals surface area contributed by atoms with Crippen molar-refractivity contribution in [1.82, 2.24) is 4.90 Å². The lowest BCUT2D eigenvalue weighted by atomic mass is 9.92. The molecule has 0 saturated carbocycles. The van der Waals surface area contributed by atoms with Crippen molar-refractivity contribution in [2.24, 2.45) is 17.6 Å². The van der Waals surface area contributed by atoms with Gasteiger partial charge in [-0.15, -0.1) is 0 Å². The Bertz CT molecular complexity index is 382. The maximum atomic E-state index is 12.8. The smallest absolute Gasteiger partial charge is 0.123 e. The van der Waals surface area contributed by atoms with Crippen LogP contribution >= 0.6 is 0 Å². The number of nitrogens with zero attached hydrogens (tertiary/aromatic N) is 1. The number of halogens is 1. The molecule has 0 amide bonds. The van der Waals surface area contributed by atoms with Gasteiger partial charge in [-0.2, -0.15) is 0 Å². The molecular formula is C15H23FN2O. The fourth-order valence-corrected chi connectivity index (χ4v) is 2.67. The first-order chi connectivity index (χ1) is 9.22. The van der Waals surface area contributed by atoms with E-state index in [9.17, 15) is 4.39 Å². The fraction of sp³-hybridized carbons (Fsp3) is 0.600. The molecule has 0 aliphatic carbocycles. The van der Waals surface area contributed by atoms with Crippen molar-refractivity contribution in [3.05, 3.63) is 30.1 Å². The minimum atomic E-state index is -0.239. The highest BCUT2D eigenvalue weighted by Crippen LogP contribution is 2.24. The van der Waals surface area contributed by atoms with Crippen molar-refractivity contribution in [3.8, 4) is 5.75 Å². The fourth-order valence-electron chi connectivity index (χ4n) is 2.67. The van der Waals surface area contributed by atoms with E-state index >= 15 is 0 Å². The van der Waals surface area contributed by atoms with Crippen LogP contribution < -0.4 is 10.5 Å². The van der Waals surface area contributed by atoms with E-state index in [0.29, 0.717) is 30.7 Å². The van der Waals surface area contributed by atoms with Crippen LogP contribution in [0.2, 0.25) is 0 Å². The summed E-state index contributed by atoms with van der Waals surface area (Å²) in [7, 11) is 0. The summed E-state index contributed by atoms with van der Waals surface area (Å²) < 4.78 is 18.5. The van der Waals surface area contributed by atoms with Gasteiger partial charge in [0.1, 0.15) is 11.6 Å². The Morgan fingerprint density at radius 1 is 1.42 bits per heavy atom. The Morgan fingerprint density at radius 2 is 2.16 bits per heavy atom. The van der Waals surface area contributed by atoms with Gasteiger partial charge in [-0.05, 0) is 56.2 Å². The molecule has 1 aromatic rings. The van der Waals surface area contributed by atoms with Crippen molar-refractivity contribution >= 4 is 0 Å².